The van der Waals surface area contributed by atoms with Crippen molar-refractivity contribution in [1.29, 1.82) is 0 Å². The van der Waals surface area contributed by atoms with Crippen LogP contribution in [0.15, 0.2) is 85.1 Å². The van der Waals surface area contributed by atoms with Crippen LogP contribution >= 0.6 is 0 Å². The van der Waals surface area contributed by atoms with Crippen molar-refractivity contribution in [3.05, 3.63) is 85.1 Å². The molecule has 0 heterocycles. The van der Waals surface area contributed by atoms with Crippen LogP contribution < -0.4 is 0 Å². The van der Waals surface area contributed by atoms with Crippen LogP contribution in [0.4, 0.5) is 0 Å². The van der Waals surface area contributed by atoms with Gasteiger partial charge < -0.3 is 14.2 Å². The van der Waals surface area contributed by atoms with Crippen LogP contribution in [-0.2, 0) is 28.6 Å². The first-order valence-electron chi connectivity index (χ1n) is 29.6. The predicted octanol–water partition coefficient (Wildman–Crippen LogP) is 19.9. The normalized spacial score (nSPS) is 12.7. The van der Waals surface area contributed by atoms with Crippen molar-refractivity contribution in [2.75, 3.05) is 13.2 Å². The largest absolute Gasteiger partial charge is 0.462 e. The molecule has 0 amide bonds. The third-order valence-corrected chi connectivity index (χ3v) is 12.6. The molecule has 0 spiro atoms. The highest BCUT2D eigenvalue weighted by atomic mass is 16.6. The highest BCUT2D eigenvalue weighted by Gasteiger charge is 2.19. The molecule has 0 aromatic carbocycles. The number of ether oxygens (including phenoxy) is 3. The molecule has 0 aliphatic carbocycles. The molecule has 0 aliphatic rings. The predicted molar refractivity (Wildman–Crippen MR) is 302 cm³/mol. The van der Waals surface area contributed by atoms with E-state index in [1.807, 2.05) is 0 Å². The van der Waals surface area contributed by atoms with Crippen molar-refractivity contribution in [3.63, 3.8) is 0 Å². The highest BCUT2D eigenvalue weighted by Crippen LogP contribution is 2.16. The van der Waals surface area contributed by atoms with Crippen molar-refractivity contribution in [1.82, 2.24) is 0 Å². The highest BCUT2D eigenvalue weighted by molar-refractivity contribution is 5.71. The summed E-state index contributed by atoms with van der Waals surface area (Å²) in [7, 11) is 0. The summed E-state index contributed by atoms with van der Waals surface area (Å²) in [4.78, 5) is 38.0. The first kappa shape index (κ1) is 66.6. The summed E-state index contributed by atoms with van der Waals surface area (Å²) in [5.41, 5.74) is 0. The molecule has 70 heavy (non-hydrogen) atoms. The first-order valence-corrected chi connectivity index (χ1v) is 29.6. The maximum Gasteiger partial charge on any atom is 0.306 e. The number of carbonyl (C=O) groups is 3. The van der Waals surface area contributed by atoms with Gasteiger partial charge in [0.15, 0.2) is 6.10 Å². The number of carbonyl (C=O) groups excluding carboxylic acids is 3. The minimum atomic E-state index is -0.780. The summed E-state index contributed by atoms with van der Waals surface area (Å²) >= 11 is 0. The van der Waals surface area contributed by atoms with Crippen LogP contribution in [0.3, 0.4) is 0 Å². The molecule has 0 aromatic rings. The molecule has 0 saturated heterocycles. The topological polar surface area (TPSA) is 78.9 Å². The van der Waals surface area contributed by atoms with Gasteiger partial charge in [0.1, 0.15) is 13.2 Å². The molecule has 0 saturated carbocycles. The van der Waals surface area contributed by atoms with Gasteiger partial charge in [-0.25, -0.2) is 0 Å². The van der Waals surface area contributed by atoms with Crippen molar-refractivity contribution in [3.8, 4) is 0 Å². The summed E-state index contributed by atoms with van der Waals surface area (Å²) in [5.74, 6) is -0.893. The standard InChI is InChI=1S/C64H110O6/c1-4-7-10-13-16-19-21-23-25-26-27-28-29-30-31-32-33-34-35-36-37-38-40-41-43-45-48-51-54-57-63(66)69-60-61(59-68-62(65)56-53-50-47-18-15-12-9-6-3)70-64(67)58-55-52-49-46-44-42-39-24-22-20-17-14-11-8-5-2/h7,10,16-17,19-20,23-25,27-28,30-31,39,61H,4-6,8-9,11-15,18,21-22,26,29,32-38,40-60H2,1-3H3/b10-7-,19-16-,20-17-,25-23-,28-27-,31-30-,39-24-. The Bertz CT molecular complexity index is 1350. The molecule has 0 fully saturated rings. The van der Waals surface area contributed by atoms with E-state index in [-0.39, 0.29) is 31.1 Å². The second-order valence-electron chi connectivity index (χ2n) is 19.5. The van der Waals surface area contributed by atoms with Gasteiger partial charge in [-0.1, -0.05) is 254 Å². The molecule has 0 bridgehead atoms. The summed E-state index contributed by atoms with van der Waals surface area (Å²) in [6.45, 7) is 6.47. The smallest absolute Gasteiger partial charge is 0.306 e. The molecule has 1 atom stereocenters. The lowest BCUT2D eigenvalue weighted by Gasteiger charge is -2.18. The average molecular weight is 976 g/mol. The van der Waals surface area contributed by atoms with Gasteiger partial charge in [-0.15, -0.1) is 0 Å². The Labute approximate surface area is 433 Å². The monoisotopic (exact) mass is 975 g/mol. The second-order valence-corrected chi connectivity index (χ2v) is 19.5. The first-order chi connectivity index (χ1) is 34.5. The van der Waals surface area contributed by atoms with Gasteiger partial charge >= 0.3 is 17.9 Å². The Morgan fingerprint density at radius 3 is 0.900 bits per heavy atom. The minimum Gasteiger partial charge on any atom is -0.462 e. The lowest BCUT2D eigenvalue weighted by Crippen LogP contribution is -2.30. The van der Waals surface area contributed by atoms with E-state index in [1.54, 1.807) is 0 Å². The second kappa shape index (κ2) is 58.2. The lowest BCUT2D eigenvalue weighted by molar-refractivity contribution is -0.167. The molecule has 1 unspecified atom stereocenters. The van der Waals surface area contributed by atoms with E-state index in [2.05, 4.69) is 106 Å². The molecule has 402 valence electrons. The number of unbranched alkanes of at least 4 members (excludes halogenated alkanes) is 28. The van der Waals surface area contributed by atoms with Crippen LogP contribution in [0.2, 0.25) is 0 Å². The van der Waals surface area contributed by atoms with E-state index in [0.717, 1.165) is 116 Å². The molecule has 6 heteroatoms. The Morgan fingerprint density at radius 2 is 0.557 bits per heavy atom. The van der Waals surface area contributed by atoms with Crippen molar-refractivity contribution < 1.29 is 28.6 Å². The zero-order chi connectivity index (χ0) is 50.7. The number of allylic oxidation sites excluding steroid dienone is 14. The number of hydrogen-bond donors (Lipinski definition) is 0. The number of esters is 3. The molecule has 0 rings (SSSR count). The van der Waals surface area contributed by atoms with Crippen LogP contribution in [0, 0.1) is 0 Å². The van der Waals surface area contributed by atoms with Crippen molar-refractivity contribution in [2.45, 2.75) is 290 Å². The molecule has 6 nitrogen and oxygen atoms in total. The molecular formula is C64H110O6. The number of hydrogen-bond acceptors (Lipinski definition) is 6. The third-order valence-electron chi connectivity index (χ3n) is 12.6. The van der Waals surface area contributed by atoms with E-state index in [0.29, 0.717) is 19.3 Å². The van der Waals surface area contributed by atoms with Gasteiger partial charge in [-0.05, 0) is 96.3 Å². The van der Waals surface area contributed by atoms with Crippen molar-refractivity contribution in [2.24, 2.45) is 0 Å². The summed E-state index contributed by atoms with van der Waals surface area (Å²) in [6, 6.07) is 0. The number of rotatable bonds is 53. The fourth-order valence-electron chi connectivity index (χ4n) is 8.21. The SMILES string of the molecule is CC/C=C\C/C=C\C/C=C\C/C=C\C/C=C\CCCCCCCCCCCCCCCC(=O)OCC(COC(=O)CCCCCCCCCC)OC(=O)CCCCCCC/C=C\C/C=C\CCCCC. The van der Waals surface area contributed by atoms with E-state index in [4.69, 9.17) is 14.2 Å². The Hall–Kier alpha value is -3.41. The van der Waals surface area contributed by atoms with Crippen LogP contribution in [0.25, 0.3) is 0 Å². The van der Waals surface area contributed by atoms with Crippen LogP contribution in [0.5, 0.6) is 0 Å². The average Bonchev–Trinajstić information content (AvgIpc) is 3.36. The van der Waals surface area contributed by atoms with Gasteiger partial charge in [0, 0.05) is 19.3 Å². The van der Waals surface area contributed by atoms with Gasteiger partial charge in [-0.2, -0.15) is 0 Å². The zero-order valence-electron chi connectivity index (χ0n) is 46.0. The van der Waals surface area contributed by atoms with Crippen LogP contribution in [-0.4, -0.2) is 37.2 Å². The van der Waals surface area contributed by atoms with Crippen LogP contribution in [0.1, 0.15) is 284 Å². The van der Waals surface area contributed by atoms with E-state index < -0.39 is 6.10 Å². The summed E-state index contributed by atoms with van der Waals surface area (Å²) in [6.07, 6.45) is 76.0. The van der Waals surface area contributed by atoms with Gasteiger partial charge in [-0.3, -0.25) is 14.4 Å². The molecule has 0 aliphatic heterocycles. The minimum absolute atomic E-state index is 0.0799. The molecule has 0 N–H and O–H groups in total. The van der Waals surface area contributed by atoms with Gasteiger partial charge in [0.2, 0.25) is 0 Å². The summed E-state index contributed by atoms with van der Waals surface area (Å²) in [5, 5.41) is 0. The zero-order valence-corrected chi connectivity index (χ0v) is 46.0. The fraction of sp³-hybridized carbons (Fsp3) is 0.734. The molecule has 0 radical (unpaired) electrons. The molecule has 0 aromatic heterocycles. The maximum absolute atomic E-state index is 12.8. The van der Waals surface area contributed by atoms with Gasteiger partial charge in [0.05, 0.1) is 0 Å². The van der Waals surface area contributed by atoms with E-state index in [1.165, 1.54) is 128 Å². The Kier molecular flexibility index (Phi) is 55.3. The van der Waals surface area contributed by atoms with E-state index in [9.17, 15) is 14.4 Å². The maximum atomic E-state index is 12.8. The van der Waals surface area contributed by atoms with Gasteiger partial charge in [0.25, 0.3) is 0 Å². The molecular weight excluding hydrogens is 865 g/mol. The lowest BCUT2D eigenvalue weighted by atomic mass is 10.0. The Morgan fingerprint density at radius 1 is 0.300 bits per heavy atom. The van der Waals surface area contributed by atoms with E-state index >= 15 is 0 Å². The fourth-order valence-corrected chi connectivity index (χ4v) is 8.21. The van der Waals surface area contributed by atoms with Crippen molar-refractivity contribution >= 4 is 17.9 Å². The summed E-state index contributed by atoms with van der Waals surface area (Å²) < 4.78 is 16.8. The Balaban J connectivity index is 4.14. The third kappa shape index (κ3) is 55.5. The quantitative estimate of drug-likeness (QED) is 0.0261.